The van der Waals surface area contributed by atoms with E-state index in [0.29, 0.717) is 10.8 Å². The van der Waals surface area contributed by atoms with Gasteiger partial charge >= 0.3 is 0 Å². The molecular formula is C15H15ClO3. The van der Waals surface area contributed by atoms with Gasteiger partial charge in [0.2, 0.25) is 0 Å². The Hall–Kier alpha value is -1.71. The zero-order valence-electron chi connectivity index (χ0n) is 10.5. The molecule has 0 aliphatic heterocycles. The second-order valence-corrected chi connectivity index (χ2v) is 4.49. The molecule has 0 spiro atoms. The lowest BCUT2D eigenvalue weighted by molar-refractivity contribution is 0.108. The summed E-state index contributed by atoms with van der Waals surface area (Å²) < 4.78 is 10.6. The van der Waals surface area contributed by atoms with Gasteiger partial charge in [-0.05, 0) is 29.8 Å². The first-order valence-electron chi connectivity index (χ1n) is 5.89. The highest BCUT2D eigenvalue weighted by Crippen LogP contribution is 2.21. The molecule has 1 N–H and O–H groups in total. The molecule has 0 saturated heterocycles. The maximum Gasteiger partial charge on any atom is 0.123 e. The smallest absolute Gasteiger partial charge is 0.123 e. The third-order valence-corrected chi connectivity index (χ3v) is 2.96. The van der Waals surface area contributed by atoms with Crippen molar-refractivity contribution < 1.29 is 14.6 Å². The third-order valence-electron chi connectivity index (χ3n) is 2.70. The fourth-order valence-corrected chi connectivity index (χ4v) is 1.77. The van der Waals surface area contributed by atoms with Gasteiger partial charge in [0.05, 0.1) is 7.11 Å². The van der Waals surface area contributed by atoms with Crippen molar-refractivity contribution in [3.63, 3.8) is 0 Å². The lowest BCUT2D eigenvalue weighted by Gasteiger charge is -2.13. The molecule has 0 fully saturated rings. The van der Waals surface area contributed by atoms with Crippen LogP contribution in [-0.2, 0) is 0 Å². The molecule has 100 valence electrons. The van der Waals surface area contributed by atoms with Crippen molar-refractivity contribution in [2.24, 2.45) is 0 Å². The molecule has 19 heavy (non-hydrogen) atoms. The Kier molecular flexibility index (Phi) is 4.66. The lowest BCUT2D eigenvalue weighted by atomic mass is 10.1. The van der Waals surface area contributed by atoms with Crippen molar-refractivity contribution in [2.75, 3.05) is 13.7 Å². The Morgan fingerprint density at radius 1 is 1.11 bits per heavy atom. The molecule has 0 aliphatic carbocycles. The van der Waals surface area contributed by atoms with Crippen LogP contribution < -0.4 is 9.47 Å². The molecule has 1 unspecified atom stereocenters. The van der Waals surface area contributed by atoms with Crippen molar-refractivity contribution in [2.45, 2.75) is 6.10 Å². The van der Waals surface area contributed by atoms with E-state index in [1.54, 1.807) is 37.4 Å². The molecular weight excluding hydrogens is 264 g/mol. The van der Waals surface area contributed by atoms with Gasteiger partial charge in [-0.2, -0.15) is 0 Å². The normalized spacial score (nSPS) is 11.9. The van der Waals surface area contributed by atoms with Crippen LogP contribution in [0.2, 0.25) is 5.02 Å². The monoisotopic (exact) mass is 278 g/mol. The first-order valence-corrected chi connectivity index (χ1v) is 6.27. The topological polar surface area (TPSA) is 38.7 Å². The Morgan fingerprint density at radius 3 is 2.47 bits per heavy atom. The van der Waals surface area contributed by atoms with E-state index in [4.69, 9.17) is 21.1 Å². The number of hydrogen-bond donors (Lipinski definition) is 1. The molecule has 0 saturated carbocycles. The van der Waals surface area contributed by atoms with E-state index in [1.807, 2.05) is 18.2 Å². The van der Waals surface area contributed by atoms with E-state index >= 15 is 0 Å². The predicted octanol–water partition coefficient (Wildman–Crippen LogP) is 3.46. The second-order valence-electron chi connectivity index (χ2n) is 4.06. The summed E-state index contributed by atoms with van der Waals surface area (Å²) >= 11 is 5.80. The van der Waals surface area contributed by atoms with Crippen LogP contribution in [0.3, 0.4) is 0 Å². The van der Waals surface area contributed by atoms with Crippen molar-refractivity contribution in [3.8, 4) is 11.5 Å². The maximum atomic E-state index is 10.00. The van der Waals surface area contributed by atoms with Crippen molar-refractivity contribution >= 4 is 11.6 Å². The second kappa shape index (κ2) is 6.45. The standard InChI is InChI=1S/C15H15ClO3/c1-18-13-3-2-4-14(9-13)19-10-15(17)11-5-7-12(16)8-6-11/h2-9,15,17H,10H2,1H3. The number of methoxy groups -OCH3 is 1. The number of benzene rings is 2. The average Bonchev–Trinajstić information content (AvgIpc) is 2.46. The minimum absolute atomic E-state index is 0.175. The Bertz CT molecular complexity index is 525. The highest BCUT2D eigenvalue weighted by Gasteiger charge is 2.08. The van der Waals surface area contributed by atoms with Crippen molar-refractivity contribution in [1.82, 2.24) is 0 Å². The number of aliphatic hydroxyl groups is 1. The minimum Gasteiger partial charge on any atom is -0.497 e. The molecule has 2 rings (SSSR count). The summed E-state index contributed by atoms with van der Waals surface area (Å²) in [5.74, 6) is 1.38. The number of rotatable bonds is 5. The summed E-state index contributed by atoms with van der Waals surface area (Å²) in [6.07, 6.45) is -0.691. The van der Waals surface area contributed by atoms with Gasteiger partial charge in [-0.1, -0.05) is 29.8 Å². The van der Waals surface area contributed by atoms with Crippen LogP contribution in [0.5, 0.6) is 11.5 Å². The number of aliphatic hydroxyl groups excluding tert-OH is 1. The van der Waals surface area contributed by atoms with Crippen LogP contribution in [0.1, 0.15) is 11.7 Å². The number of hydrogen-bond acceptors (Lipinski definition) is 3. The van der Waals surface area contributed by atoms with E-state index < -0.39 is 6.10 Å². The highest BCUT2D eigenvalue weighted by atomic mass is 35.5. The maximum absolute atomic E-state index is 10.00. The molecule has 3 nitrogen and oxygen atoms in total. The zero-order valence-corrected chi connectivity index (χ0v) is 11.3. The van der Waals surface area contributed by atoms with Crippen LogP contribution >= 0.6 is 11.6 Å². The first-order chi connectivity index (χ1) is 9.19. The molecule has 0 bridgehead atoms. The van der Waals surface area contributed by atoms with E-state index in [0.717, 1.165) is 11.3 Å². The molecule has 0 heterocycles. The van der Waals surface area contributed by atoms with Gasteiger partial charge in [-0.25, -0.2) is 0 Å². The summed E-state index contributed by atoms with van der Waals surface area (Å²) in [7, 11) is 1.60. The van der Waals surface area contributed by atoms with Gasteiger partial charge in [0.25, 0.3) is 0 Å². The van der Waals surface area contributed by atoms with Gasteiger partial charge in [-0.15, -0.1) is 0 Å². The molecule has 1 atom stereocenters. The van der Waals surface area contributed by atoms with Gasteiger partial charge in [0.15, 0.2) is 0 Å². The molecule has 2 aromatic carbocycles. The first kappa shape index (κ1) is 13.7. The third kappa shape index (κ3) is 3.88. The molecule has 4 heteroatoms. The summed E-state index contributed by atoms with van der Waals surface area (Å²) in [6, 6.07) is 14.3. The molecule has 0 radical (unpaired) electrons. The van der Waals surface area contributed by atoms with E-state index in [-0.39, 0.29) is 6.61 Å². The fraction of sp³-hybridized carbons (Fsp3) is 0.200. The van der Waals surface area contributed by atoms with Crippen molar-refractivity contribution in [3.05, 3.63) is 59.1 Å². The number of halogens is 1. The Morgan fingerprint density at radius 2 is 1.79 bits per heavy atom. The lowest BCUT2D eigenvalue weighted by Crippen LogP contribution is -2.09. The van der Waals surface area contributed by atoms with Crippen LogP contribution in [0, 0.1) is 0 Å². The minimum atomic E-state index is -0.691. The van der Waals surface area contributed by atoms with Gasteiger partial charge in [0, 0.05) is 11.1 Å². The van der Waals surface area contributed by atoms with Gasteiger partial charge < -0.3 is 14.6 Å². The number of ether oxygens (including phenoxy) is 2. The van der Waals surface area contributed by atoms with Crippen LogP contribution in [0.15, 0.2) is 48.5 Å². The summed E-state index contributed by atoms with van der Waals surface area (Å²) in [4.78, 5) is 0. The molecule has 0 aliphatic rings. The average molecular weight is 279 g/mol. The SMILES string of the molecule is COc1cccc(OCC(O)c2ccc(Cl)cc2)c1. The fourth-order valence-electron chi connectivity index (χ4n) is 1.65. The summed E-state index contributed by atoms with van der Waals surface area (Å²) in [6.45, 7) is 0.175. The van der Waals surface area contributed by atoms with E-state index in [9.17, 15) is 5.11 Å². The highest BCUT2D eigenvalue weighted by molar-refractivity contribution is 6.30. The zero-order chi connectivity index (χ0) is 13.7. The van der Waals surface area contributed by atoms with E-state index in [1.165, 1.54) is 0 Å². The molecule has 0 amide bonds. The van der Waals surface area contributed by atoms with Gasteiger partial charge in [0.1, 0.15) is 24.2 Å². The largest absolute Gasteiger partial charge is 0.497 e. The molecule has 0 aromatic heterocycles. The Labute approximate surface area is 117 Å². The van der Waals surface area contributed by atoms with Crippen LogP contribution in [0.25, 0.3) is 0 Å². The molecule has 2 aromatic rings. The Balaban J connectivity index is 1.96. The van der Waals surface area contributed by atoms with E-state index in [2.05, 4.69) is 0 Å². The van der Waals surface area contributed by atoms with Crippen LogP contribution in [0.4, 0.5) is 0 Å². The summed E-state index contributed by atoms with van der Waals surface area (Å²) in [5.41, 5.74) is 0.771. The van der Waals surface area contributed by atoms with Gasteiger partial charge in [-0.3, -0.25) is 0 Å². The van der Waals surface area contributed by atoms with Crippen molar-refractivity contribution in [1.29, 1.82) is 0 Å². The quantitative estimate of drug-likeness (QED) is 0.910. The summed E-state index contributed by atoms with van der Waals surface area (Å²) in [5, 5.41) is 10.6. The van der Waals surface area contributed by atoms with Crippen LogP contribution in [-0.4, -0.2) is 18.8 Å². The predicted molar refractivity (Wildman–Crippen MR) is 74.9 cm³/mol.